The van der Waals surface area contributed by atoms with Crippen LogP contribution in [0.3, 0.4) is 0 Å². The van der Waals surface area contributed by atoms with Crippen molar-refractivity contribution in [2.45, 2.75) is 33.2 Å². The number of nitrogens with one attached hydrogen (secondary N) is 1. The van der Waals surface area contributed by atoms with E-state index in [0.29, 0.717) is 56.8 Å². The fourth-order valence-corrected chi connectivity index (χ4v) is 4.67. The molecular weight excluding hydrogens is 402 g/mol. The van der Waals surface area contributed by atoms with E-state index in [1.807, 2.05) is 13.8 Å². The van der Waals surface area contributed by atoms with Crippen LogP contribution < -0.4 is 21.1 Å². The van der Waals surface area contributed by atoms with Gasteiger partial charge in [0.05, 0.1) is 24.0 Å². The number of nitrogen functional groups attached to an aromatic ring is 1. The number of ether oxygens (including phenoxy) is 1. The van der Waals surface area contributed by atoms with Crippen molar-refractivity contribution in [3.8, 4) is 5.75 Å². The number of anilines is 2. The predicted octanol–water partition coefficient (Wildman–Crippen LogP) is 4.65. The minimum Gasteiger partial charge on any atom is -0.496 e. The lowest BCUT2D eigenvalue weighted by atomic mass is 10.0. The summed E-state index contributed by atoms with van der Waals surface area (Å²) in [5.41, 5.74) is 8.21. The van der Waals surface area contributed by atoms with Crippen LogP contribution in [0, 0.1) is 12.7 Å². The highest BCUT2D eigenvalue weighted by Crippen LogP contribution is 2.41. The van der Waals surface area contributed by atoms with E-state index in [1.165, 1.54) is 0 Å². The molecule has 0 saturated heterocycles. The van der Waals surface area contributed by atoms with Crippen LogP contribution in [0.15, 0.2) is 24.3 Å². The highest BCUT2D eigenvalue weighted by molar-refractivity contribution is 7.70. The SMILES string of the molecule is CCc1cc(N)cc([C@@H](C)Nc2nc(C)nc3cc(OC)c(P(C)(C)=O)cc23)c1F. The smallest absolute Gasteiger partial charge is 0.138 e. The van der Waals surface area contributed by atoms with Crippen LogP contribution >= 0.6 is 7.14 Å². The van der Waals surface area contributed by atoms with E-state index in [9.17, 15) is 8.96 Å². The molecule has 30 heavy (non-hydrogen) atoms. The van der Waals surface area contributed by atoms with Gasteiger partial charge in [-0.15, -0.1) is 0 Å². The monoisotopic (exact) mass is 430 g/mol. The molecule has 3 aromatic rings. The summed E-state index contributed by atoms with van der Waals surface area (Å²) in [5, 5.41) is 4.62. The third kappa shape index (κ3) is 4.26. The number of hydrogen-bond acceptors (Lipinski definition) is 6. The normalized spacial score (nSPS) is 12.8. The molecule has 0 saturated carbocycles. The lowest BCUT2D eigenvalue weighted by Gasteiger charge is -2.20. The number of aryl methyl sites for hydroxylation is 2. The van der Waals surface area contributed by atoms with Crippen molar-refractivity contribution in [1.82, 2.24) is 9.97 Å². The summed E-state index contributed by atoms with van der Waals surface area (Å²) in [6.07, 6.45) is 0.553. The lowest BCUT2D eigenvalue weighted by Crippen LogP contribution is -2.14. The molecular formula is C22H28FN4O2P. The molecule has 0 aliphatic rings. The molecule has 1 heterocycles. The first-order valence-electron chi connectivity index (χ1n) is 9.81. The minimum atomic E-state index is -2.61. The Kier molecular flexibility index (Phi) is 6.04. The van der Waals surface area contributed by atoms with E-state index in [0.717, 1.165) is 0 Å². The molecule has 0 fully saturated rings. The molecule has 3 N–H and O–H groups in total. The number of benzene rings is 2. The first-order chi connectivity index (χ1) is 14.0. The molecule has 160 valence electrons. The Morgan fingerprint density at radius 2 is 1.93 bits per heavy atom. The highest BCUT2D eigenvalue weighted by atomic mass is 31.2. The molecule has 8 heteroatoms. The Hall–Kier alpha value is -2.66. The molecule has 1 aromatic heterocycles. The fraction of sp³-hybridized carbons (Fsp3) is 0.364. The summed E-state index contributed by atoms with van der Waals surface area (Å²) in [6.45, 7) is 8.92. The van der Waals surface area contributed by atoms with Gasteiger partial charge >= 0.3 is 0 Å². The summed E-state index contributed by atoms with van der Waals surface area (Å²) in [6, 6.07) is 6.48. The number of halogens is 1. The average Bonchev–Trinajstić information content (AvgIpc) is 2.67. The van der Waals surface area contributed by atoms with E-state index in [1.54, 1.807) is 51.6 Å². The zero-order chi connectivity index (χ0) is 22.2. The van der Waals surface area contributed by atoms with Gasteiger partial charge in [0.1, 0.15) is 30.4 Å². The van der Waals surface area contributed by atoms with Crippen molar-refractivity contribution in [2.24, 2.45) is 0 Å². The molecule has 2 aromatic carbocycles. The van der Waals surface area contributed by atoms with Crippen LogP contribution in [0.5, 0.6) is 5.75 Å². The summed E-state index contributed by atoms with van der Waals surface area (Å²) in [4.78, 5) is 9.03. The van der Waals surface area contributed by atoms with E-state index >= 15 is 0 Å². The van der Waals surface area contributed by atoms with Crippen LogP contribution in [0.1, 0.15) is 36.8 Å². The number of methoxy groups -OCH3 is 1. The van der Waals surface area contributed by atoms with E-state index < -0.39 is 13.2 Å². The molecule has 0 spiro atoms. The molecule has 1 atom stereocenters. The molecule has 0 radical (unpaired) electrons. The molecule has 0 unspecified atom stereocenters. The molecule has 0 aliphatic heterocycles. The van der Waals surface area contributed by atoms with Crippen molar-refractivity contribution in [3.63, 3.8) is 0 Å². The zero-order valence-corrected chi connectivity index (χ0v) is 19.1. The molecule has 3 rings (SSSR count). The van der Waals surface area contributed by atoms with Crippen molar-refractivity contribution >= 4 is 34.9 Å². The lowest BCUT2D eigenvalue weighted by molar-refractivity contribution is 0.418. The van der Waals surface area contributed by atoms with Crippen molar-refractivity contribution < 1.29 is 13.7 Å². The van der Waals surface area contributed by atoms with Crippen LogP contribution in [0.25, 0.3) is 10.9 Å². The molecule has 0 aliphatic carbocycles. The third-order valence-corrected chi connectivity index (χ3v) is 6.60. The quantitative estimate of drug-likeness (QED) is 0.437. The van der Waals surface area contributed by atoms with Crippen LogP contribution in [-0.4, -0.2) is 30.4 Å². The van der Waals surface area contributed by atoms with Gasteiger partial charge in [-0.1, -0.05) is 6.92 Å². The Balaban J connectivity index is 2.14. The predicted molar refractivity (Wildman–Crippen MR) is 122 cm³/mol. The van der Waals surface area contributed by atoms with Gasteiger partial charge in [0.2, 0.25) is 0 Å². The Morgan fingerprint density at radius 1 is 1.23 bits per heavy atom. The topological polar surface area (TPSA) is 90.1 Å². The molecule has 0 bridgehead atoms. The number of rotatable bonds is 6. The first kappa shape index (κ1) is 22.0. The van der Waals surface area contributed by atoms with Gasteiger partial charge in [-0.2, -0.15) is 0 Å². The highest BCUT2D eigenvalue weighted by Gasteiger charge is 2.22. The Bertz CT molecular complexity index is 1160. The second-order valence-corrected chi connectivity index (χ2v) is 11.0. The standard InChI is InChI=1S/C22H28FN4O2P/c1-7-14-8-15(24)9-16(21(14)23)12(2)25-22-17-10-20(30(5,6)28)19(29-4)11-18(17)26-13(3)27-22/h8-12H,7,24H2,1-6H3,(H,25,26,27)/t12-/m1/s1. The maximum absolute atomic E-state index is 14.9. The van der Waals surface area contributed by atoms with Gasteiger partial charge in [0.15, 0.2) is 0 Å². The number of nitrogens with zero attached hydrogens (tertiary/aromatic N) is 2. The second-order valence-electron chi connectivity index (χ2n) is 7.81. The number of fused-ring (bicyclic) bond motifs is 1. The Morgan fingerprint density at radius 3 is 2.53 bits per heavy atom. The van der Waals surface area contributed by atoms with Gasteiger partial charge in [0.25, 0.3) is 0 Å². The molecule has 0 amide bonds. The van der Waals surface area contributed by atoms with Gasteiger partial charge in [-0.3, -0.25) is 0 Å². The van der Waals surface area contributed by atoms with Gasteiger partial charge in [0, 0.05) is 22.7 Å². The van der Waals surface area contributed by atoms with Crippen molar-refractivity contribution in [2.75, 3.05) is 31.5 Å². The van der Waals surface area contributed by atoms with Crippen LogP contribution in [0.4, 0.5) is 15.9 Å². The van der Waals surface area contributed by atoms with Gasteiger partial charge in [-0.25, -0.2) is 14.4 Å². The number of aromatic nitrogens is 2. The first-order valence-corrected chi connectivity index (χ1v) is 12.4. The molecule has 6 nitrogen and oxygen atoms in total. The largest absolute Gasteiger partial charge is 0.496 e. The summed E-state index contributed by atoms with van der Waals surface area (Å²) >= 11 is 0. The van der Waals surface area contributed by atoms with Crippen molar-refractivity contribution in [1.29, 1.82) is 0 Å². The van der Waals surface area contributed by atoms with Gasteiger partial charge in [-0.05, 0) is 57.4 Å². The fourth-order valence-electron chi connectivity index (χ4n) is 3.55. The van der Waals surface area contributed by atoms with Gasteiger partial charge < -0.3 is 20.4 Å². The van der Waals surface area contributed by atoms with Crippen LogP contribution in [0.2, 0.25) is 0 Å². The Labute approximate surface area is 176 Å². The van der Waals surface area contributed by atoms with E-state index in [4.69, 9.17) is 10.5 Å². The summed E-state index contributed by atoms with van der Waals surface area (Å²) in [5.74, 6) is 1.37. The minimum absolute atomic E-state index is 0.268. The maximum Gasteiger partial charge on any atom is 0.138 e. The van der Waals surface area contributed by atoms with E-state index in [-0.39, 0.29) is 5.82 Å². The second kappa shape index (κ2) is 8.23. The maximum atomic E-state index is 14.9. The van der Waals surface area contributed by atoms with E-state index in [2.05, 4.69) is 15.3 Å². The third-order valence-electron chi connectivity index (χ3n) is 5.09. The average molecular weight is 430 g/mol. The number of hydrogen-bond donors (Lipinski definition) is 2. The summed E-state index contributed by atoms with van der Waals surface area (Å²) < 4.78 is 33.2. The van der Waals surface area contributed by atoms with Crippen LogP contribution in [-0.2, 0) is 11.0 Å². The van der Waals surface area contributed by atoms with Crippen molar-refractivity contribution in [3.05, 3.63) is 47.0 Å². The summed E-state index contributed by atoms with van der Waals surface area (Å²) in [7, 11) is -1.07. The number of nitrogens with two attached hydrogens (primary N) is 1. The zero-order valence-electron chi connectivity index (χ0n) is 18.2.